The van der Waals surface area contributed by atoms with Gasteiger partial charge in [-0.2, -0.15) is 0 Å². The number of esters is 1. The zero-order chi connectivity index (χ0) is 23.4. The first-order valence-corrected chi connectivity index (χ1v) is 10.5. The first-order valence-electron chi connectivity index (χ1n) is 10.5. The number of pyridine rings is 1. The molecule has 1 amide bonds. The third kappa shape index (κ3) is 5.13. The van der Waals surface area contributed by atoms with Gasteiger partial charge in [-0.1, -0.05) is 48.0 Å². The quantitative estimate of drug-likeness (QED) is 0.330. The van der Waals surface area contributed by atoms with Crippen molar-refractivity contribution in [3.05, 3.63) is 95.6 Å². The van der Waals surface area contributed by atoms with E-state index >= 15 is 0 Å². The molecule has 0 saturated heterocycles. The van der Waals surface area contributed by atoms with Crippen LogP contribution in [-0.2, 0) is 9.53 Å². The van der Waals surface area contributed by atoms with Gasteiger partial charge in [-0.05, 0) is 43.3 Å². The second-order valence-electron chi connectivity index (χ2n) is 7.70. The number of fused-ring (bicyclic) bond motifs is 1. The van der Waals surface area contributed by atoms with Gasteiger partial charge in [0.1, 0.15) is 0 Å². The molecule has 6 nitrogen and oxygen atoms in total. The zero-order valence-corrected chi connectivity index (χ0v) is 18.3. The van der Waals surface area contributed by atoms with E-state index in [0.717, 1.165) is 11.1 Å². The summed E-state index contributed by atoms with van der Waals surface area (Å²) in [5, 5.41) is 3.30. The minimum Gasteiger partial charge on any atom is -0.454 e. The number of Topliss-reactive ketones (excluding diaryl/α,β-unsaturated/α-hetero) is 1. The van der Waals surface area contributed by atoms with Crippen molar-refractivity contribution in [2.45, 2.75) is 13.8 Å². The Hall–Kier alpha value is -4.32. The number of amides is 1. The van der Waals surface area contributed by atoms with Crippen LogP contribution in [0, 0.1) is 6.92 Å². The van der Waals surface area contributed by atoms with Crippen molar-refractivity contribution in [3.63, 3.8) is 0 Å². The lowest BCUT2D eigenvalue weighted by Crippen LogP contribution is -2.15. The Kier molecular flexibility index (Phi) is 6.26. The van der Waals surface area contributed by atoms with Gasteiger partial charge in [-0.15, -0.1) is 0 Å². The highest BCUT2D eigenvalue weighted by atomic mass is 16.5. The van der Waals surface area contributed by atoms with Crippen molar-refractivity contribution in [1.82, 2.24) is 4.98 Å². The Morgan fingerprint density at radius 1 is 0.909 bits per heavy atom. The summed E-state index contributed by atoms with van der Waals surface area (Å²) in [6, 6.07) is 23.3. The molecule has 0 fully saturated rings. The van der Waals surface area contributed by atoms with Crippen molar-refractivity contribution in [2.24, 2.45) is 0 Å². The first-order chi connectivity index (χ1) is 15.9. The van der Waals surface area contributed by atoms with Crippen LogP contribution in [0.4, 0.5) is 5.69 Å². The fourth-order valence-corrected chi connectivity index (χ4v) is 3.45. The number of hydrogen-bond donors (Lipinski definition) is 1. The number of benzene rings is 3. The highest BCUT2D eigenvalue weighted by Crippen LogP contribution is 2.26. The SMILES string of the molecule is CC(=O)Nc1ccc(C(=O)COC(=O)c2cc(-c3ccc(C)cc3)nc3ccccc23)cc1. The average Bonchev–Trinajstić information content (AvgIpc) is 2.82. The summed E-state index contributed by atoms with van der Waals surface area (Å²) in [6.45, 7) is 3.02. The van der Waals surface area contributed by atoms with Crippen molar-refractivity contribution in [2.75, 3.05) is 11.9 Å². The summed E-state index contributed by atoms with van der Waals surface area (Å²) in [5.74, 6) is -1.13. The molecule has 0 bridgehead atoms. The lowest BCUT2D eigenvalue weighted by molar-refractivity contribution is -0.114. The number of carbonyl (C=O) groups excluding carboxylic acids is 3. The summed E-state index contributed by atoms with van der Waals surface area (Å²) >= 11 is 0. The van der Waals surface area contributed by atoms with Crippen LogP contribution < -0.4 is 5.32 Å². The molecule has 0 saturated carbocycles. The van der Waals surface area contributed by atoms with Crippen molar-refractivity contribution in [3.8, 4) is 11.3 Å². The van der Waals surface area contributed by atoms with Crippen LogP contribution >= 0.6 is 0 Å². The molecule has 0 aliphatic rings. The van der Waals surface area contributed by atoms with Crippen LogP contribution in [0.2, 0.25) is 0 Å². The van der Waals surface area contributed by atoms with Gasteiger partial charge in [0, 0.05) is 29.1 Å². The lowest BCUT2D eigenvalue weighted by atomic mass is 10.0. The van der Waals surface area contributed by atoms with Gasteiger partial charge in [0.2, 0.25) is 5.91 Å². The number of aryl methyl sites for hydroxylation is 1. The summed E-state index contributed by atoms with van der Waals surface area (Å²) in [5.41, 5.74) is 4.66. The number of aromatic nitrogens is 1. The zero-order valence-electron chi connectivity index (χ0n) is 18.3. The molecule has 6 heteroatoms. The van der Waals surface area contributed by atoms with Crippen molar-refractivity contribution >= 4 is 34.3 Å². The van der Waals surface area contributed by atoms with Gasteiger partial charge >= 0.3 is 5.97 Å². The number of rotatable bonds is 6. The van der Waals surface area contributed by atoms with Crippen LogP contribution in [0.15, 0.2) is 78.9 Å². The van der Waals surface area contributed by atoms with Crippen LogP contribution in [0.1, 0.15) is 33.2 Å². The Morgan fingerprint density at radius 3 is 2.30 bits per heavy atom. The van der Waals surface area contributed by atoms with Gasteiger partial charge in [0.15, 0.2) is 12.4 Å². The number of para-hydroxylation sites is 1. The molecule has 1 aromatic heterocycles. The number of ketones is 1. The molecule has 0 atom stereocenters. The van der Waals surface area contributed by atoms with E-state index in [4.69, 9.17) is 4.74 Å². The lowest BCUT2D eigenvalue weighted by Gasteiger charge is -2.10. The topological polar surface area (TPSA) is 85.4 Å². The second-order valence-corrected chi connectivity index (χ2v) is 7.70. The van der Waals surface area contributed by atoms with E-state index in [9.17, 15) is 14.4 Å². The van der Waals surface area contributed by atoms with Gasteiger partial charge < -0.3 is 10.1 Å². The summed E-state index contributed by atoms with van der Waals surface area (Å²) in [7, 11) is 0. The third-order valence-electron chi connectivity index (χ3n) is 5.15. The fraction of sp³-hybridized carbons (Fsp3) is 0.111. The molecular formula is C27H22N2O4. The molecule has 0 aliphatic heterocycles. The Labute approximate surface area is 191 Å². The van der Waals surface area contributed by atoms with E-state index in [0.29, 0.717) is 33.4 Å². The summed E-state index contributed by atoms with van der Waals surface area (Å²) in [6.07, 6.45) is 0. The normalized spacial score (nSPS) is 10.6. The van der Waals surface area contributed by atoms with Gasteiger partial charge in [0.05, 0.1) is 16.8 Å². The maximum Gasteiger partial charge on any atom is 0.339 e. The molecule has 1 N–H and O–H groups in total. The van der Waals surface area contributed by atoms with E-state index in [1.165, 1.54) is 6.92 Å². The molecule has 33 heavy (non-hydrogen) atoms. The Morgan fingerprint density at radius 2 is 1.61 bits per heavy atom. The van der Waals surface area contributed by atoms with Gasteiger partial charge in [-0.3, -0.25) is 9.59 Å². The first kappa shape index (κ1) is 21.9. The maximum atomic E-state index is 13.0. The highest BCUT2D eigenvalue weighted by Gasteiger charge is 2.17. The summed E-state index contributed by atoms with van der Waals surface area (Å²) < 4.78 is 5.37. The number of nitrogens with zero attached hydrogens (tertiary/aromatic N) is 1. The molecule has 4 aromatic rings. The molecule has 0 unspecified atom stereocenters. The number of anilines is 1. The Bertz CT molecular complexity index is 1340. The molecule has 0 radical (unpaired) electrons. The van der Waals surface area contributed by atoms with E-state index in [1.54, 1.807) is 36.4 Å². The predicted octanol–water partition coefficient (Wildman–Crippen LogP) is 5.21. The fourth-order valence-electron chi connectivity index (χ4n) is 3.45. The molecule has 4 rings (SSSR count). The Balaban J connectivity index is 1.55. The maximum absolute atomic E-state index is 13.0. The molecule has 0 spiro atoms. The number of ether oxygens (including phenoxy) is 1. The van der Waals surface area contributed by atoms with Crippen molar-refractivity contribution in [1.29, 1.82) is 0 Å². The van der Waals surface area contributed by atoms with E-state index < -0.39 is 12.6 Å². The molecular weight excluding hydrogens is 416 g/mol. The van der Waals surface area contributed by atoms with Gasteiger partial charge in [0.25, 0.3) is 0 Å². The monoisotopic (exact) mass is 438 g/mol. The molecule has 1 heterocycles. The number of hydrogen-bond acceptors (Lipinski definition) is 5. The van der Waals surface area contributed by atoms with Crippen LogP contribution in [0.3, 0.4) is 0 Å². The minimum absolute atomic E-state index is 0.197. The van der Waals surface area contributed by atoms with E-state index in [2.05, 4.69) is 10.3 Å². The largest absolute Gasteiger partial charge is 0.454 e. The van der Waals surface area contributed by atoms with E-state index in [1.807, 2.05) is 49.4 Å². The standard InChI is InChI=1S/C27H22N2O4/c1-17-7-9-19(10-8-17)25-15-23(22-5-3-4-6-24(22)29-25)27(32)33-16-26(31)20-11-13-21(14-12-20)28-18(2)30/h3-15H,16H2,1-2H3,(H,28,30). The predicted molar refractivity (Wildman–Crippen MR) is 127 cm³/mol. The number of nitrogens with one attached hydrogen (secondary N) is 1. The highest BCUT2D eigenvalue weighted by molar-refractivity contribution is 6.06. The van der Waals surface area contributed by atoms with Gasteiger partial charge in [-0.25, -0.2) is 9.78 Å². The molecule has 3 aromatic carbocycles. The van der Waals surface area contributed by atoms with Crippen LogP contribution in [0.25, 0.3) is 22.2 Å². The number of carbonyl (C=O) groups is 3. The molecule has 164 valence electrons. The van der Waals surface area contributed by atoms with E-state index in [-0.39, 0.29) is 11.7 Å². The minimum atomic E-state index is -0.592. The smallest absolute Gasteiger partial charge is 0.339 e. The van der Waals surface area contributed by atoms with Crippen LogP contribution in [-0.4, -0.2) is 29.3 Å². The summed E-state index contributed by atoms with van der Waals surface area (Å²) in [4.78, 5) is 41.3. The second kappa shape index (κ2) is 9.44. The van der Waals surface area contributed by atoms with Crippen molar-refractivity contribution < 1.29 is 19.1 Å². The molecule has 0 aliphatic carbocycles. The van der Waals surface area contributed by atoms with Crippen LogP contribution in [0.5, 0.6) is 0 Å². The average molecular weight is 438 g/mol. The third-order valence-corrected chi connectivity index (χ3v) is 5.15.